The van der Waals surface area contributed by atoms with Crippen LogP contribution in [0.5, 0.6) is 0 Å². The van der Waals surface area contributed by atoms with E-state index in [1.807, 2.05) is 23.1 Å². The molecule has 1 unspecified atom stereocenters. The van der Waals surface area contributed by atoms with Crippen LogP contribution in [-0.4, -0.2) is 44.8 Å². The lowest BCUT2D eigenvalue weighted by Gasteiger charge is -2.31. The molecular formula is C22H19FN4O2S2. The number of likely N-dealkylation sites (tertiary alicyclic amines) is 1. The molecule has 0 bridgehead atoms. The monoisotopic (exact) mass is 454 g/mol. The number of thioether (sulfide) groups is 1. The maximum atomic E-state index is 13.9. The highest BCUT2D eigenvalue weighted by Gasteiger charge is 2.27. The highest BCUT2D eigenvalue weighted by atomic mass is 32.2. The summed E-state index contributed by atoms with van der Waals surface area (Å²) in [5, 5.41) is 9.19. The number of rotatable bonds is 5. The minimum Gasteiger partial charge on any atom is -0.411 e. The summed E-state index contributed by atoms with van der Waals surface area (Å²) >= 11 is 2.89. The van der Waals surface area contributed by atoms with E-state index in [1.54, 1.807) is 29.5 Å². The van der Waals surface area contributed by atoms with Gasteiger partial charge in [-0.25, -0.2) is 9.37 Å². The fourth-order valence-electron chi connectivity index (χ4n) is 3.70. The van der Waals surface area contributed by atoms with E-state index in [0.717, 1.165) is 29.9 Å². The Kier molecular flexibility index (Phi) is 5.69. The van der Waals surface area contributed by atoms with E-state index in [2.05, 4.69) is 16.3 Å². The average molecular weight is 455 g/mol. The highest BCUT2D eigenvalue weighted by Crippen LogP contribution is 2.33. The van der Waals surface area contributed by atoms with Gasteiger partial charge in [-0.15, -0.1) is 21.5 Å². The lowest BCUT2D eigenvalue weighted by atomic mass is 9.99. The van der Waals surface area contributed by atoms with E-state index >= 15 is 0 Å². The van der Waals surface area contributed by atoms with E-state index in [4.69, 9.17) is 9.40 Å². The first-order valence-electron chi connectivity index (χ1n) is 10.0. The van der Waals surface area contributed by atoms with E-state index in [1.165, 1.54) is 22.5 Å². The summed E-state index contributed by atoms with van der Waals surface area (Å²) in [7, 11) is 0. The van der Waals surface area contributed by atoms with Crippen molar-refractivity contribution in [3.05, 3.63) is 59.4 Å². The smallest absolute Gasteiger partial charge is 0.277 e. The summed E-state index contributed by atoms with van der Waals surface area (Å²) in [5.41, 5.74) is 1.27. The van der Waals surface area contributed by atoms with Crippen molar-refractivity contribution in [1.29, 1.82) is 0 Å². The van der Waals surface area contributed by atoms with Crippen LogP contribution in [0.25, 0.3) is 21.7 Å². The summed E-state index contributed by atoms with van der Waals surface area (Å²) in [6.07, 6.45) is 1.99. The molecule has 0 saturated carbocycles. The molecule has 1 saturated heterocycles. The lowest BCUT2D eigenvalue weighted by molar-refractivity contribution is -0.129. The van der Waals surface area contributed by atoms with Crippen LogP contribution < -0.4 is 0 Å². The minimum absolute atomic E-state index is 0.0291. The number of carbonyl (C=O) groups is 1. The van der Waals surface area contributed by atoms with Crippen LogP contribution in [0.2, 0.25) is 0 Å². The number of carbonyl (C=O) groups excluding carboxylic acids is 1. The Morgan fingerprint density at radius 1 is 1.19 bits per heavy atom. The van der Waals surface area contributed by atoms with Crippen molar-refractivity contribution in [2.24, 2.45) is 0 Å². The van der Waals surface area contributed by atoms with Gasteiger partial charge in [0.05, 0.1) is 26.5 Å². The Morgan fingerprint density at radius 2 is 2.03 bits per heavy atom. The fourth-order valence-corrected chi connectivity index (χ4v) is 5.46. The Bertz CT molecular complexity index is 1190. The van der Waals surface area contributed by atoms with Crippen molar-refractivity contribution in [3.63, 3.8) is 0 Å². The summed E-state index contributed by atoms with van der Waals surface area (Å²) in [6.45, 7) is 1.41. The highest BCUT2D eigenvalue weighted by molar-refractivity contribution is 7.99. The molecule has 5 rings (SSSR count). The van der Waals surface area contributed by atoms with Crippen LogP contribution in [0.3, 0.4) is 0 Å². The molecule has 0 radical (unpaired) electrons. The number of fused-ring (bicyclic) bond motifs is 1. The normalized spacial score (nSPS) is 16.7. The molecule has 0 spiro atoms. The standard InChI is InChI=1S/C22H19FN4O2S2/c23-16-8-2-1-7-15(16)20-25-26-22(29-20)30-13-19(28)27-11-5-6-14(12-27)21-24-17-9-3-4-10-18(17)31-21/h1-4,7-10,14H,5-6,11-13H2. The Labute approximate surface area is 186 Å². The number of amides is 1. The minimum atomic E-state index is -0.423. The van der Waals surface area contributed by atoms with Gasteiger partial charge in [0.25, 0.3) is 11.1 Å². The van der Waals surface area contributed by atoms with Crippen LogP contribution in [0.1, 0.15) is 23.8 Å². The summed E-state index contributed by atoms with van der Waals surface area (Å²) in [6, 6.07) is 14.4. The number of thiazole rings is 1. The van der Waals surface area contributed by atoms with Crippen molar-refractivity contribution in [2.45, 2.75) is 24.0 Å². The quantitative estimate of drug-likeness (QED) is 0.396. The molecule has 0 aliphatic carbocycles. The van der Waals surface area contributed by atoms with Crippen LogP contribution in [-0.2, 0) is 4.79 Å². The maximum absolute atomic E-state index is 13.9. The van der Waals surface area contributed by atoms with Gasteiger partial charge in [0.2, 0.25) is 5.91 Å². The Morgan fingerprint density at radius 3 is 2.90 bits per heavy atom. The van der Waals surface area contributed by atoms with Crippen LogP contribution in [0.4, 0.5) is 4.39 Å². The molecular weight excluding hydrogens is 435 g/mol. The van der Waals surface area contributed by atoms with Crippen LogP contribution in [0, 0.1) is 5.82 Å². The predicted molar refractivity (Wildman–Crippen MR) is 119 cm³/mol. The van der Waals surface area contributed by atoms with Gasteiger partial charge >= 0.3 is 0 Å². The zero-order valence-corrected chi connectivity index (χ0v) is 18.2. The Balaban J connectivity index is 1.21. The third-order valence-corrected chi connectivity index (χ3v) is 7.27. The van der Waals surface area contributed by atoms with Gasteiger partial charge in [-0.05, 0) is 37.1 Å². The van der Waals surface area contributed by atoms with Gasteiger partial charge in [0.1, 0.15) is 5.82 Å². The van der Waals surface area contributed by atoms with Crippen molar-refractivity contribution in [3.8, 4) is 11.5 Å². The molecule has 9 heteroatoms. The van der Waals surface area contributed by atoms with Crippen molar-refractivity contribution in [2.75, 3.05) is 18.8 Å². The largest absolute Gasteiger partial charge is 0.411 e. The molecule has 2 aromatic heterocycles. The van der Waals surface area contributed by atoms with Gasteiger partial charge in [-0.1, -0.05) is 36.0 Å². The average Bonchev–Trinajstić information content (AvgIpc) is 3.45. The van der Waals surface area contributed by atoms with Crippen LogP contribution >= 0.6 is 23.1 Å². The SMILES string of the molecule is O=C(CSc1nnc(-c2ccccc2F)o1)N1CCCC(c2nc3ccccc3s2)C1. The van der Waals surface area contributed by atoms with Gasteiger partial charge in [-0.3, -0.25) is 4.79 Å². The second-order valence-electron chi connectivity index (χ2n) is 7.34. The molecule has 158 valence electrons. The van der Waals surface area contributed by atoms with Gasteiger partial charge in [0, 0.05) is 19.0 Å². The van der Waals surface area contributed by atoms with E-state index in [0.29, 0.717) is 6.54 Å². The molecule has 31 heavy (non-hydrogen) atoms. The molecule has 3 heterocycles. The topological polar surface area (TPSA) is 72.1 Å². The molecule has 4 aromatic rings. The fraction of sp³-hybridized carbons (Fsp3) is 0.273. The zero-order chi connectivity index (χ0) is 21.2. The number of para-hydroxylation sites is 1. The third kappa shape index (κ3) is 4.33. The first kappa shape index (κ1) is 20.1. The van der Waals surface area contributed by atoms with Crippen LogP contribution in [0.15, 0.2) is 58.2 Å². The van der Waals surface area contributed by atoms with E-state index in [-0.39, 0.29) is 34.3 Å². The van der Waals surface area contributed by atoms with Crippen molar-refractivity contribution in [1.82, 2.24) is 20.1 Å². The molecule has 1 aliphatic heterocycles. The number of piperidine rings is 1. The molecule has 1 atom stereocenters. The van der Waals surface area contributed by atoms with Crippen molar-refractivity contribution >= 4 is 39.2 Å². The second kappa shape index (κ2) is 8.76. The molecule has 1 fully saturated rings. The number of hydrogen-bond donors (Lipinski definition) is 0. The van der Waals surface area contributed by atoms with Gasteiger partial charge < -0.3 is 9.32 Å². The first-order chi connectivity index (χ1) is 15.2. The number of aromatic nitrogens is 3. The predicted octanol–water partition coefficient (Wildman–Crippen LogP) is 4.98. The van der Waals surface area contributed by atoms with Gasteiger partial charge in [-0.2, -0.15) is 0 Å². The van der Waals surface area contributed by atoms with Gasteiger partial charge in [0.15, 0.2) is 0 Å². The molecule has 6 nitrogen and oxygen atoms in total. The molecule has 1 aliphatic rings. The number of nitrogens with zero attached hydrogens (tertiary/aromatic N) is 4. The number of hydrogen-bond acceptors (Lipinski definition) is 7. The summed E-state index contributed by atoms with van der Waals surface area (Å²) in [4.78, 5) is 19.5. The first-order valence-corrected chi connectivity index (χ1v) is 11.8. The zero-order valence-electron chi connectivity index (χ0n) is 16.5. The lowest BCUT2D eigenvalue weighted by Crippen LogP contribution is -2.40. The molecule has 2 aromatic carbocycles. The third-order valence-electron chi connectivity index (χ3n) is 5.26. The molecule has 0 N–H and O–H groups in total. The molecule has 1 amide bonds. The summed E-state index contributed by atoms with van der Waals surface area (Å²) < 4.78 is 20.6. The second-order valence-corrected chi connectivity index (χ2v) is 9.33. The number of benzene rings is 2. The van der Waals surface area contributed by atoms with E-state index in [9.17, 15) is 9.18 Å². The Hall–Kier alpha value is -2.78. The van der Waals surface area contributed by atoms with E-state index < -0.39 is 5.82 Å². The number of halogens is 1. The summed E-state index contributed by atoms with van der Waals surface area (Å²) in [5.74, 6) is 0.179. The van der Waals surface area contributed by atoms with Crippen molar-refractivity contribution < 1.29 is 13.6 Å². The maximum Gasteiger partial charge on any atom is 0.277 e.